The molecule has 0 aliphatic carbocycles. The van der Waals surface area contributed by atoms with E-state index in [1.165, 1.54) is 7.11 Å². The topological polar surface area (TPSA) is 90.9 Å². The number of ether oxygens (including phenoxy) is 3. The van der Waals surface area contributed by atoms with Crippen molar-refractivity contribution in [1.29, 1.82) is 0 Å². The van der Waals surface area contributed by atoms with Crippen molar-refractivity contribution in [2.24, 2.45) is 5.92 Å². The average Bonchev–Trinajstić information content (AvgIpc) is 2.54. The molecule has 0 radical (unpaired) electrons. The second-order valence-electron chi connectivity index (χ2n) is 4.05. The van der Waals surface area contributed by atoms with Crippen LogP contribution < -0.4 is 5.32 Å². The summed E-state index contributed by atoms with van der Waals surface area (Å²) in [6.07, 6.45) is -0.776. The highest BCUT2D eigenvalue weighted by molar-refractivity contribution is 5.96. The van der Waals surface area contributed by atoms with E-state index in [1.54, 1.807) is 30.3 Å². The van der Waals surface area contributed by atoms with Gasteiger partial charge in [-0.15, -0.1) is 0 Å². The van der Waals surface area contributed by atoms with Gasteiger partial charge in [-0.2, -0.15) is 0 Å². The van der Waals surface area contributed by atoms with Crippen LogP contribution in [0.4, 0.5) is 4.79 Å². The lowest BCUT2D eigenvalue weighted by Gasteiger charge is -2.24. The van der Waals surface area contributed by atoms with Crippen molar-refractivity contribution in [3.8, 4) is 0 Å². The van der Waals surface area contributed by atoms with Gasteiger partial charge >= 0.3 is 18.0 Å². The van der Waals surface area contributed by atoms with Crippen molar-refractivity contribution < 1.29 is 28.6 Å². The zero-order valence-electron chi connectivity index (χ0n) is 12.0. The first-order valence-electron chi connectivity index (χ1n) is 6.10. The van der Waals surface area contributed by atoms with Crippen molar-refractivity contribution >= 4 is 18.0 Å². The van der Waals surface area contributed by atoms with Gasteiger partial charge in [0.1, 0.15) is 0 Å². The van der Waals surface area contributed by atoms with Gasteiger partial charge in [-0.25, -0.2) is 4.79 Å². The molecule has 114 valence electrons. The fourth-order valence-corrected chi connectivity index (χ4v) is 1.83. The fourth-order valence-electron chi connectivity index (χ4n) is 1.83. The second-order valence-corrected chi connectivity index (χ2v) is 4.05. The summed E-state index contributed by atoms with van der Waals surface area (Å²) in [5.74, 6) is -2.96. The number of methoxy groups -OCH3 is 3. The number of esters is 2. The Kier molecular flexibility index (Phi) is 6.19. The molecule has 0 bridgehead atoms. The zero-order valence-corrected chi connectivity index (χ0v) is 12.0. The summed E-state index contributed by atoms with van der Waals surface area (Å²) < 4.78 is 13.8. The van der Waals surface area contributed by atoms with Gasteiger partial charge in [-0.1, -0.05) is 30.3 Å². The van der Waals surface area contributed by atoms with E-state index in [0.29, 0.717) is 5.56 Å². The molecule has 7 nitrogen and oxygen atoms in total. The van der Waals surface area contributed by atoms with Gasteiger partial charge in [0.05, 0.1) is 27.4 Å². The van der Waals surface area contributed by atoms with Crippen LogP contribution in [0.2, 0.25) is 0 Å². The van der Waals surface area contributed by atoms with Crippen LogP contribution in [0.5, 0.6) is 0 Å². The minimum Gasteiger partial charge on any atom is -0.468 e. The third-order valence-corrected chi connectivity index (χ3v) is 2.86. The number of hydrogen-bond donors (Lipinski definition) is 1. The average molecular weight is 295 g/mol. The number of hydrogen-bond acceptors (Lipinski definition) is 6. The molecule has 0 saturated heterocycles. The minimum atomic E-state index is -1.33. The third-order valence-electron chi connectivity index (χ3n) is 2.86. The lowest BCUT2D eigenvalue weighted by molar-refractivity contribution is -0.160. The van der Waals surface area contributed by atoms with Crippen LogP contribution in [0, 0.1) is 5.92 Å². The van der Waals surface area contributed by atoms with Gasteiger partial charge in [0.2, 0.25) is 0 Å². The van der Waals surface area contributed by atoms with Crippen LogP contribution in [-0.4, -0.2) is 39.4 Å². The maximum Gasteiger partial charge on any atom is 0.407 e. The summed E-state index contributed by atoms with van der Waals surface area (Å²) in [7, 11) is 3.49. The summed E-state index contributed by atoms with van der Waals surface area (Å²) in [5, 5.41) is 2.45. The quantitative estimate of drug-likeness (QED) is 0.496. The Labute approximate surface area is 122 Å². The number of rotatable bonds is 5. The maximum absolute atomic E-state index is 11.9. The molecule has 0 unspecified atom stereocenters. The Morgan fingerprint density at radius 2 is 1.43 bits per heavy atom. The van der Waals surface area contributed by atoms with E-state index in [9.17, 15) is 14.4 Å². The number of amides is 1. The molecule has 1 aromatic rings. The Balaban J connectivity index is 3.21. The molecule has 0 spiro atoms. The van der Waals surface area contributed by atoms with Crippen LogP contribution in [-0.2, 0) is 23.8 Å². The molecule has 1 N–H and O–H groups in total. The lowest BCUT2D eigenvalue weighted by Crippen LogP contribution is -2.41. The van der Waals surface area contributed by atoms with Crippen molar-refractivity contribution in [2.45, 2.75) is 6.04 Å². The van der Waals surface area contributed by atoms with Gasteiger partial charge < -0.3 is 19.5 Å². The monoisotopic (exact) mass is 295 g/mol. The van der Waals surface area contributed by atoms with Crippen molar-refractivity contribution in [1.82, 2.24) is 5.32 Å². The highest BCUT2D eigenvalue weighted by Gasteiger charge is 2.39. The van der Waals surface area contributed by atoms with Crippen LogP contribution in [0.1, 0.15) is 11.6 Å². The molecule has 0 saturated carbocycles. The minimum absolute atomic E-state index is 0.545. The van der Waals surface area contributed by atoms with E-state index < -0.39 is 30.0 Å². The first-order valence-corrected chi connectivity index (χ1v) is 6.10. The van der Waals surface area contributed by atoms with Crippen molar-refractivity contribution in [2.75, 3.05) is 21.3 Å². The number of carbonyl (C=O) groups excluding carboxylic acids is 3. The smallest absolute Gasteiger partial charge is 0.407 e. The van der Waals surface area contributed by atoms with Crippen LogP contribution in [0.15, 0.2) is 30.3 Å². The molecule has 0 heterocycles. The largest absolute Gasteiger partial charge is 0.468 e. The summed E-state index contributed by atoms with van der Waals surface area (Å²) in [6, 6.07) is 7.57. The number of carbonyl (C=O) groups is 3. The Bertz CT molecular complexity index is 485. The van der Waals surface area contributed by atoms with E-state index in [0.717, 1.165) is 14.2 Å². The maximum atomic E-state index is 11.9. The second kappa shape index (κ2) is 7.88. The molecule has 0 aliphatic heterocycles. The Morgan fingerprint density at radius 3 is 1.86 bits per heavy atom. The molecular formula is C14H17NO6. The summed E-state index contributed by atoms with van der Waals surface area (Å²) in [6.45, 7) is 0. The molecule has 1 atom stereocenters. The molecule has 0 aromatic heterocycles. The Hall–Kier alpha value is -2.57. The van der Waals surface area contributed by atoms with Crippen molar-refractivity contribution in [3.05, 3.63) is 35.9 Å². The number of alkyl carbamates (subject to hydrolysis) is 1. The summed E-state index contributed by atoms with van der Waals surface area (Å²) >= 11 is 0. The molecular weight excluding hydrogens is 278 g/mol. The molecule has 7 heteroatoms. The number of benzene rings is 1. The highest BCUT2D eigenvalue weighted by atomic mass is 16.5. The van der Waals surface area contributed by atoms with Gasteiger partial charge in [-0.05, 0) is 5.56 Å². The third kappa shape index (κ3) is 4.20. The first-order chi connectivity index (χ1) is 10.0. The fraction of sp³-hybridized carbons (Fsp3) is 0.357. The zero-order chi connectivity index (χ0) is 15.8. The molecule has 0 fully saturated rings. The van der Waals surface area contributed by atoms with Gasteiger partial charge in [0.25, 0.3) is 0 Å². The van der Waals surface area contributed by atoms with Gasteiger partial charge in [0, 0.05) is 0 Å². The van der Waals surface area contributed by atoms with Gasteiger partial charge in [-0.3, -0.25) is 9.59 Å². The summed E-state index contributed by atoms with van der Waals surface area (Å²) in [4.78, 5) is 35.2. The van der Waals surface area contributed by atoms with E-state index in [4.69, 9.17) is 0 Å². The Morgan fingerprint density at radius 1 is 0.905 bits per heavy atom. The molecule has 1 amide bonds. The predicted octanol–water partition coefficient (Wildman–Crippen LogP) is 1.05. The van der Waals surface area contributed by atoms with Crippen molar-refractivity contribution in [3.63, 3.8) is 0 Å². The van der Waals surface area contributed by atoms with E-state index in [1.807, 2.05) is 0 Å². The van der Waals surface area contributed by atoms with E-state index >= 15 is 0 Å². The molecule has 1 aromatic carbocycles. The van der Waals surface area contributed by atoms with Crippen LogP contribution >= 0.6 is 0 Å². The first kappa shape index (κ1) is 16.5. The predicted molar refractivity (Wildman–Crippen MR) is 72.2 cm³/mol. The normalized spacial score (nSPS) is 11.4. The lowest BCUT2D eigenvalue weighted by atomic mass is 9.93. The molecule has 21 heavy (non-hydrogen) atoms. The SMILES string of the molecule is COC(=O)N[C@@H](c1ccccc1)C(C(=O)OC)C(=O)OC. The van der Waals surface area contributed by atoms with Gasteiger partial charge in [0.15, 0.2) is 5.92 Å². The van der Waals surface area contributed by atoms with E-state index in [-0.39, 0.29) is 0 Å². The van der Waals surface area contributed by atoms with E-state index in [2.05, 4.69) is 19.5 Å². The summed E-state index contributed by atoms with van der Waals surface area (Å²) in [5.41, 5.74) is 0.545. The van der Waals surface area contributed by atoms with Crippen LogP contribution in [0.3, 0.4) is 0 Å². The van der Waals surface area contributed by atoms with Crippen LogP contribution in [0.25, 0.3) is 0 Å². The molecule has 1 rings (SSSR count). The highest BCUT2D eigenvalue weighted by Crippen LogP contribution is 2.24. The standard InChI is InChI=1S/C14H17NO6/c1-19-12(16)10(13(17)20-2)11(15-14(18)21-3)9-7-5-4-6-8-9/h4-8,10-11H,1-3H3,(H,15,18)/t11-/m0/s1. The number of nitrogens with one attached hydrogen (secondary N) is 1. The molecule has 0 aliphatic rings.